The second kappa shape index (κ2) is 9.65. The van der Waals surface area contributed by atoms with Gasteiger partial charge >= 0.3 is 0 Å². The van der Waals surface area contributed by atoms with Crippen LogP contribution in [0.25, 0.3) is 0 Å². The average Bonchev–Trinajstić information content (AvgIpc) is 3.34. The maximum Gasteiger partial charge on any atom is 0.213 e. The van der Waals surface area contributed by atoms with Crippen molar-refractivity contribution in [3.05, 3.63) is 47.9 Å². The SMILES string of the molecule is CN=C(NCc1ccnc(OCC2CC2)c1)NCc1ccn(C)c1.I. The third-order valence-electron chi connectivity index (χ3n) is 4.00. The molecule has 0 unspecified atom stereocenters. The molecule has 2 heterocycles. The lowest BCUT2D eigenvalue weighted by Gasteiger charge is -2.12. The number of hydrogen-bond acceptors (Lipinski definition) is 3. The van der Waals surface area contributed by atoms with E-state index in [4.69, 9.17) is 4.74 Å². The first kappa shape index (κ1) is 19.6. The van der Waals surface area contributed by atoms with Gasteiger partial charge in [-0.1, -0.05) is 0 Å². The van der Waals surface area contributed by atoms with Crippen molar-refractivity contribution in [1.82, 2.24) is 20.2 Å². The summed E-state index contributed by atoms with van der Waals surface area (Å²) in [4.78, 5) is 8.52. The summed E-state index contributed by atoms with van der Waals surface area (Å²) in [5.41, 5.74) is 2.35. The van der Waals surface area contributed by atoms with Crippen molar-refractivity contribution in [3.8, 4) is 5.88 Å². The normalized spacial score (nSPS) is 13.9. The minimum atomic E-state index is 0. The van der Waals surface area contributed by atoms with E-state index in [9.17, 15) is 0 Å². The lowest BCUT2D eigenvalue weighted by Crippen LogP contribution is -2.36. The molecule has 0 aromatic carbocycles. The molecule has 2 aromatic rings. The molecule has 0 spiro atoms. The zero-order valence-corrected chi connectivity index (χ0v) is 17.1. The van der Waals surface area contributed by atoms with Crippen LogP contribution >= 0.6 is 24.0 Å². The van der Waals surface area contributed by atoms with E-state index in [1.54, 1.807) is 13.2 Å². The van der Waals surface area contributed by atoms with Crippen LogP contribution in [0.2, 0.25) is 0 Å². The number of rotatable bonds is 7. The average molecular weight is 455 g/mol. The van der Waals surface area contributed by atoms with Gasteiger partial charge in [0.2, 0.25) is 5.88 Å². The molecule has 25 heavy (non-hydrogen) atoms. The number of nitrogens with zero attached hydrogens (tertiary/aromatic N) is 3. The van der Waals surface area contributed by atoms with Crippen LogP contribution in [0.1, 0.15) is 24.0 Å². The molecular formula is C18H26IN5O. The summed E-state index contributed by atoms with van der Waals surface area (Å²) in [5, 5.41) is 6.63. The summed E-state index contributed by atoms with van der Waals surface area (Å²) >= 11 is 0. The minimum absolute atomic E-state index is 0. The lowest BCUT2D eigenvalue weighted by molar-refractivity contribution is 0.288. The third kappa shape index (κ3) is 6.56. The maximum absolute atomic E-state index is 5.72. The van der Waals surface area contributed by atoms with Gasteiger partial charge in [0, 0.05) is 51.8 Å². The van der Waals surface area contributed by atoms with Crippen LogP contribution < -0.4 is 15.4 Å². The second-order valence-electron chi connectivity index (χ2n) is 6.22. The van der Waals surface area contributed by atoms with Crippen molar-refractivity contribution in [2.75, 3.05) is 13.7 Å². The Labute approximate surface area is 166 Å². The number of aliphatic imine (C=N–C) groups is 1. The van der Waals surface area contributed by atoms with E-state index >= 15 is 0 Å². The first-order valence-electron chi connectivity index (χ1n) is 8.36. The maximum atomic E-state index is 5.72. The van der Waals surface area contributed by atoms with Crippen LogP contribution in [0.4, 0.5) is 0 Å². The molecule has 3 rings (SSSR count). The fraction of sp³-hybridized carbons (Fsp3) is 0.444. The zero-order chi connectivity index (χ0) is 16.8. The van der Waals surface area contributed by atoms with Crippen molar-refractivity contribution in [2.24, 2.45) is 18.0 Å². The number of hydrogen-bond donors (Lipinski definition) is 2. The Morgan fingerprint density at radius 3 is 2.68 bits per heavy atom. The van der Waals surface area contributed by atoms with Gasteiger partial charge < -0.3 is 19.9 Å². The van der Waals surface area contributed by atoms with Crippen molar-refractivity contribution in [3.63, 3.8) is 0 Å². The first-order chi connectivity index (χ1) is 11.7. The smallest absolute Gasteiger partial charge is 0.213 e. The Bertz CT molecular complexity index is 696. The van der Waals surface area contributed by atoms with Crippen molar-refractivity contribution in [2.45, 2.75) is 25.9 Å². The summed E-state index contributed by atoms with van der Waals surface area (Å²) in [5.74, 6) is 2.21. The molecule has 1 aliphatic carbocycles. The quantitative estimate of drug-likeness (QED) is 0.383. The number of aromatic nitrogens is 2. The molecule has 2 aromatic heterocycles. The predicted octanol–water partition coefficient (Wildman–Crippen LogP) is 2.69. The van der Waals surface area contributed by atoms with Crippen LogP contribution in [0, 0.1) is 5.92 Å². The molecule has 1 saturated carbocycles. The number of halogens is 1. The summed E-state index contributed by atoms with van der Waals surface area (Å²) in [6.45, 7) is 2.20. The van der Waals surface area contributed by atoms with Crippen LogP contribution in [-0.2, 0) is 20.1 Å². The van der Waals surface area contributed by atoms with Gasteiger partial charge in [0.1, 0.15) is 0 Å². The number of aryl methyl sites for hydroxylation is 1. The fourth-order valence-corrected chi connectivity index (χ4v) is 2.38. The highest BCUT2D eigenvalue weighted by Crippen LogP contribution is 2.29. The van der Waals surface area contributed by atoms with Crippen LogP contribution in [-0.4, -0.2) is 29.2 Å². The fourth-order valence-electron chi connectivity index (χ4n) is 2.38. The Hall–Kier alpha value is -1.77. The molecule has 6 nitrogen and oxygen atoms in total. The van der Waals surface area contributed by atoms with E-state index in [2.05, 4.69) is 32.9 Å². The van der Waals surface area contributed by atoms with Crippen LogP contribution in [0.5, 0.6) is 5.88 Å². The van der Waals surface area contributed by atoms with Gasteiger partial charge in [0.15, 0.2) is 5.96 Å². The Balaban J connectivity index is 0.00000225. The summed E-state index contributed by atoms with van der Waals surface area (Å²) in [7, 11) is 3.79. The second-order valence-corrected chi connectivity index (χ2v) is 6.22. The molecule has 0 atom stereocenters. The standard InChI is InChI=1S/C18H25N5O.HI/c1-19-18(22-11-16-6-8-23(2)12-16)21-10-15-5-7-20-17(9-15)24-13-14-3-4-14;/h5-9,12,14H,3-4,10-11,13H2,1-2H3,(H2,19,21,22);1H. The summed E-state index contributed by atoms with van der Waals surface area (Å²) < 4.78 is 7.76. The molecular weight excluding hydrogens is 429 g/mol. The van der Waals surface area contributed by atoms with Crippen molar-refractivity contribution >= 4 is 29.9 Å². The van der Waals surface area contributed by atoms with Gasteiger partial charge in [-0.3, -0.25) is 4.99 Å². The Kier molecular flexibility index (Phi) is 7.54. The monoisotopic (exact) mass is 455 g/mol. The van der Waals surface area contributed by atoms with E-state index in [0.717, 1.165) is 30.6 Å². The van der Waals surface area contributed by atoms with Gasteiger partial charge in [-0.2, -0.15) is 0 Å². The molecule has 2 N–H and O–H groups in total. The van der Waals surface area contributed by atoms with E-state index in [1.807, 2.05) is 29.9 Å². The van der Waals surface area contributed by atoms with Crippen molar-refractivity contribution < 1.29 is 4.74 Å². The van der Waals surface area contributed by atoms with E-state index in [-0.39, 0.29) is 24.0 Å². The van der Waals surface area contributed by atoms with Gasteiger partial charge in [-0.25, -0.2) is 4.98 Å². The highest BCUT2D eigenvalue weighted by atomic mass is 127. The summed E-state index contributed by atoms with van der Waals surface area (Å²) in [6, 6.07) is 6.06. The molecule has 7 heteroatoms. The highest BCUT2D eigenvalue weighted by molar-refractivity contribution is 14.0. The van der Waals surface area contributed by atoms with Gasteiger partial charge in [0.05, 0.1) is 6.61 Å². The van der Waals surface area contributed by atoms with Crippen LogP contribution in [0.15, 0.2) is 41.8 Å². The Morgan fingerprint density at radius 1 is 1.28 bits per heavy atom. The molecule has 1 fully saturated rings. The number of ether oxygens (including phenoxy) is 1. The number of guanidine groups is 1. The van der Waals surface area contributed by atoms with Crippen LogP contribution in [0.3, 0.4) is 0 Å². The minimum Gasteiger partial charge on any atom is -0.477 e. The lowest BCUT2D eigenvalue weighted by atomic mass is 10.2. The van der Waals surface area contributed by atoms with E-state index in [1.165, 1.54) is 18.4 Å². The van der Waals surface area contributed by atoms with Crippen molar-refractivity contribution in [1.29, 1.82) is 0 Å². The number of nitrogens with one attached hydrogen (secondary N) is 2. The number of pyridine rings is 1. The first-order valence-corrected chi connectivity index (χ1v) is 8.36. The van der Waals surface area contributed by atoms with E-state index < -0.39 is 0 Å². The Morgan fingerprint density at radius 2 is 2.04 bits per heavy atom. The molecule has 0 bridgehead atoms. The molecule has 0 radical (unpaired) electrons. The molecule has 0 saturated heterocycles. The molecule has 0 amide bonds. The molecule has 1 aliphatic rings. The topological polar surface area (TPSA) is 63.5 Å². The molecule has 0 aliphatic heterocycles. The largest absolute Gasteiger partial charge is 0.477 e. The third-order valence-corrected chi connectivity index (χ3v) is 4.00. The predicted molar refractivity (Wildman–Crippen MR) is 110 cm³/mol. The van der Waals surface area contributed by atoms with Gasteiger partial charge in [-0.15, -0.1) is 24.0 Å². The zero-order valence-electron chi connectivity index (χ0n) is 14.7. The van der Waals surface area contributed by atoms with Gasteiger partial charge in [0.25, 0.3) is 0 Å². The summed E-state index contributed by atoms with van der Waals surface area (Å²) in [6.07, 6.45) is 8.48. The van der Waals surface area contributed by atoms with E-state index in [0.29, 0.717) is 12.4 Å². The highest BCUT2D eigenvalue weighted by Gasteiger charge is 2.22. The van der Waals surface area contributed by atoms with Gasteiger partial charge in [-0.05, 0) is 42.0 Å². The molecule has 136 valence electrons.